The molecular weight excluding hydrogens is 420 g/mol. The Bertz CT molecular complexity index is 1190. The Kier molecular flexibility index (Phi) is 5.53. The van der Waals surface area contributed by atoms with Gasteiger partial charge in [0.1, 0.15) is 17.3 Å². The van der Waals surface area contributed by atoms with Crippen molar-refractivity contribution in [3.05, 3.63) is 64.9 Å². The van der Waals surface area contributed by atoms with E-state index in [1.54, 1.807) is 29.2 Å². The number of aromatic amines is 1. The molecular formula is C24H26N6O3. The molecule has 3 aromatic rings. The minimum atomic E-state index is -0.241. The van der Waals surface area contributed by atoms with Crippen molar-refractivity contribution >= 4 is 17.6 Å². The van der Waals surface area contributed by atoms with Crippen LogP contribution in [-0.4, -0.2) is 50.5 Å². The summed E-state index contributed by atoms with van der Waals surface area (Å²) >= 11 is 0. The van der Waals surface area contributed by atoms with E-state index in [-0.39, 0.29) is 17.9 Å². The number of para-hydroxylation sites is 1. The molecule has 2 aromatic heterocycles. The highest BCUT2D eigenvalue weighted by atomic mass is 16.5. The highest BCUT2D eigenvalue weighted by molar-refractivity contribution is 5.95. The Hall–Kier alpha value is -3.75. The average Bonchev–Trinajstić information content (AvgIpc) is 3.53. The normalized spacial score (nSPS) is 17.9. The third-order valence-corrected chi connectivity index (χ3v) is 6.42. The van der Waals surface area contributed by atoms with E-state index in [0.717, 1.165) is 35.4 Å². The van der Waals surface area contributed by atoms with E-state index in [0.29, 0.717) is 43.3 Å². The predicted octanol–water partition coefficient (Wildman–Crippen LogP) is 2.97. The first-order chi connectivity index (χ1) is 16.1. The van der Waals surface area contributed by atoms with Crippen molar-refractivity contribution in [3.63, 3.8) is 0 Å². The molecule has 5 rings (SSSR count). The standard InChI is InChI=1S/C24H26N6O3/c1-15-17-9-10-21(31)30(14-16-6-3-4-8-20(16)33-2)23(17)27-22(26-15)19-7-5-13-29(19)24(32)18-11-12-25-28-18/h3-4,6,8,11-12,19H,5,7,9-10,13-14H2,1-2H3,(H,25,28)/t19-/m1/s1. The van der Waals surface area contributed by atoms with Crippen molar-refractivity contribution < 1.29 is 14.3 Å². The zero-order valence-electron chi connectivity index (χ0n) is 18.7. The van der Waals surface area contributed by atoms with Crippen LogP contribution in [0.1, 0.15) is 58.4 Å². The van der Waals surface area contributed by atoms with Crippen LogP contribution in [0.15, 0.2) is 36.5 Å². The number of rotatable bonds is 5. The van der Waals surface area contributed by atoms with Crippen LogP contribution in [0.2, 0.25) is 0 Å². The van der Waals surface area contributed by atoms with Gasteiger partial charge in [0.25, 0.3) is 5.91 Å². The van der Waals surface area contributed by atoms with E-state index in [4.69, 9.17) is 14.7 Å². The van der Waals surface area contributed by atoms with Crippen molar-refractivity contribution in [2.24, 2.45) is 0 Å². The van der Waals surface area contributed by atoms with Gasteiger partial charge < -0.3 is 9.64 Å². The number of carbonyl (C=O) groups is 2. The van der Waals surface area contributed by atoms with E-state index in [1.165, 1.54) is 0 Å². The van der Waals surface area contributed by atoms with Crippen molar-refractivity contribution in [1.29, 1.82) is 0 Å². The Morgan fingerprint density at radius 1 is 1.21 bits per heavy atom. The number of nitrogens with zero attached hydrogens (tertiary/aromatic N) is 5. The number of nitrogens with one attached hydrogen (secondary N) is 1. The number of methoxy groups -OCH3 is 1. The molecule has 4 heterocycles. The number of hydrogen-bond acceptors (Lipinski definition) is 6. The first-order valence-corrected chi connectivity index (χ1v) is 11.2. The predicted molar refractivity (Wildman–Crippen MR) is 121 cm³/mol. The maximum atomic E-state index is 13.0. The summed E-state index contributed by atoms with van der Waals surface area (Å²) in [7, 11) is 1.63. The number of aromatic nitrogens is 4. The Morgan fingerprint density at radius 3 is 2.85 bits per heavy atom. The smallest absolute Gasteiger partial charge is 0.272 e. The van der Waals surface area contributed by atoms with Crippen LogP contribution >= 0.6 is 0 Å². The van der Waals surface area contributed by atoms with Crippen molar-refractivity contribution in [1.82, 2.24) is 25.1 Å². The van der Waals surface area contributed by atoms with Gasteiger partial charge in [0, 0.05) is 36.0 Å². The van der Waals surface area contributed by atoms with Gasteiger partial charge in [-0.1, -0.05) is 18.2 Å². The van der Waals surface area contributed by atoms with Crippen molar-refractivity contribution in [2.45, 2.75) is 45.2 Å². The Labute approximate surface area is 191 Å². The van der Waals surface area contributed by atoms with Gasteiger partial charge in [-0.05, 0) is 38.3 Å². The molecule has 0 aliphatic carbocycles. The maximum Gasteiger partial charge on any atom is 0.272 e. The molecule has 1 fully saturated rings. The molecule has 1 aromatic carbocycles. The second-order valence-corrected chi connectivity index (χ2v) is 8.39. The van der Waals surface area contributed by atoms with Crippen molar-refractivity contribution in [2.75, 3.05) is 18.6 Å². The van der Waals surface area contributed by atoms with E-state index in [9.17, 15) is 9.59 Å². The second-order valence-electron chi connectivity index (χ2n) is 8.39. The lowest BCUT2D eigenvalue weighted by Gasteiger charge is -2.31. The van der Waals surface area contributed by atoms with E-state index >= 15 is 0 Å². The molecule has 2 aliphatic rings. The SMILES string of the molecule is COc1ccccc1CN1C(=O)CCc2c(C)nc([C@H]3CCCN3C(=O)c3ccn[nH]3)nc21. The maximum absolute atomic E-state index is 13.0. The third-order valence-electron chi connectivity index (χ3n) is 6.42. The summed E-state index contributed by atoms with van der Waals surface area (Å²) in [5, 5.41) is 6.65. The van der Waals surface area contributed by atoms with Gasteiger partial charge in [0.2, 0.25) is 5.91 Å². The molecule has 9 heteroatoms. The lowest BCUT2D eigenvalue weighted by Crippen LogP contribution is -2.37. The van der Waals surface area contributed by atoms with E-state index in [2.05, 4.69) is 10.2 Å². The number of ether oxygens (including phenoxy) is 1. The van der Waals surface area contributed by atoms with Crippen LogP contribution in [0.25, 0.3) is 0 Å². The fourth-order valence-electron chi connectivity index (χ4n) is 4.73. The molecule has 0 bridgehead atoms. The van der Waals surface area contributed by atoms with Crippen LogP contribution in [0.3, 0.4) is 0 Å². The van der Waals surface area contributed by atoms with Gasteiger partial charge in [-0.3, -0.25) is 19.6 Å². The molecule has 1 atom stereocenters. The Morgan fingerprint density at radius 2 is 2.06 bits per heavy atom. The summed E-state index contributed by atoms with van der Waals surface area (Å²) in [6.07, 6.45) is 4.25. The molecule has 0 spiro atoms. The molecule has 33 heavy (non-hydrogen) atoms. The number of likely N-dealkylation sites (tertiary alicyclic amines) is 1. The van der Waals surface area contributed by atoms with E-state index in [1.807, 2.05) is 31.2 Å². The summed E-state index contributed by atoms with van der Waals surface area (Å²) in [6.45, 7) is 2.95. The van der Waals surface area contributed by atoms with E-state index < -0.39 is 0 Å². The van der Waals surface area contributed by atoms with Crippen LogP contribution in [-0.2, 0) is 17.8 Å². The van der Waals surface area contributed by atoms with Gasteiger partial charge in [0.15, 0.2) is 5.82 Å². The minimum absolute atomic E-state index is 0.0225. The molecule has 2 amide bonds. The average molecular weight is 447 g/mol. The molecule has 0 radical (unpaired) electrons. The van der Waals surface area contributed by atoms with Gasteiger partial charge in [-0.15, -0.1) is 0 Å². The quantitative estimate of drug-likeness (QED) is 0.646. The van der Waals surface area contributed by atoms with Crippen molar-refractivity contribution in [3.8, 4) is 5.75 Å². The summed E-state index contributed by atoms with van der Waals surface area (Å²) < 4.78 is 5.49. The first-order valence-electron chi connectivity index (χ1n) is 11.2. The monoisotopic (exact) mass is 446 g/mol. The van der Waals surface area contributed by atoms with Gasteiger partial charge in [0.05, 0.1) is 19.7 Å². The number of benzene rings is 1. The highest BCUT2D eigenvalue weighted by Crippen LogP contribution is 2.36. The fourth-order valence-corrected chi connectivity index (χ4v) is 4.73. The number of amides is 2. The Balaban J connectivity index is 1.51. The zero-order valence-corrected chi connectivity index (χ0v) is 18.7. The number of H-pyrrole nitrogens is 1. The number of carbonyl (C=O) groups excluding carboxylic acids is 2. The first kappa shape index (κ1) is 21.1. The van der Waals surface area contributed by atoms with Crippen LogP contribution in [0.4, 0.5) is 5.82 Å². The van der Waals surface area contributed by atoms with Crippen LogP contribution in [0.5, 0.6) is 5.75 Å². The minimum Gasteiger partial charge on any atom is -0.496 e. The largest absolute Gasteiger partial charge is 0.496 e. The highest BCUT2D eigenvalue weighted by Gasteiger charge is 2.36. The lowest BCUT2D eigenvalue weighted by atomic mass is 10.0. The number of aryl methyl sites for hydroxylation is 1. The number of anilines is 1. The summed E-state index contributed by atoms with van der Waals surface area (Å²) in [4.78, 5) is 39.2. The number of fused-ring (bicyclic) bond motifs is 1. The lowest BCUT2D eigenvalue weighted by molar-refractivity contribution is -0.119. The summed E-state index contributed by atoms with van der Waals surface area (Å²) in [6, 6.07) is 9.11. The topological polar surface area (TPSA) is 104 Å². The molecule has 2 aliphatic heterocycles. The molecule has 0 unspecified atom stereocenters. The van der Waals surface area contributed by atoms with Gasteiger partial charge >= 0.3 is 0 Å². The third kappa shape index (κ3) is 3.83. The van der Waals surface area contributed by atoms with Crippen LogP contribution < -0.4 is 9.64 Å². The number of hydrogen-bond donors (Lipinski definition) is 1. The molecule has 170 valence electrons. The molecule has 0 saturated carbocycles. The molecule has 1 N–H and O–H groups in total. The summed E-state index contributed by atoms with van der Waals surface area (Å²) in [5.74, 6) is 1.86. The zero-order chi connectivity index (χ0) is 22.9. The molecule has 1 saturated heterocycles. The summed E-state index contributed by atoms with van der Waals surface area (Å²) in [5.41, 5.74) is 3.20. The molecule has 9 nitrogen and oxygen atoms in total. The van der Waals surface area contributed by atoms with Gasteiger partial charge in [-0.2, -0.15) is 5.10 Å². The van der Waals surface area contributed by atoms with Gasteiger partial charge in [-0.25, -0.2) is 9.97 Å². The second kappa shape index (κ2) is 8.65. The van der Waals surface area contributed by atoms with Crippen LogP contribution in [0, 0.1) is 6.92 Å². The fraction of sp³-hybridized carbons (Fsp3) is 0.375.